The number of morpholine rings is 1. The van der Waals surface area contributed by atoms with Gasteiger partial charge in [0.05, 0.1) is 19.2 Å². The number of urea groups is 1. The van der Waals surface area contributed by atoms with E-state index in [4.69, 9.17) is 4.74 Å². The summed E-state index contributed by atoms with van der Waals surface area (Å²) in [6, 6.07) is 11.3. The number of carbonyl (C=O) groups excluding carboxylic acids is 3. The molecule has 4 amide bonds. The summed E-state index contributed by atoms with van der Waals surface area (Å²) in [7, 11) is -1.72. The highest BCUT2D eigenvalue weighted by Crippen LogP contribution is 2.20. The maximum absolute atomic E-state index is 13.4. The third kappa shape index (κ3) is 8.18. The van der Waals surface area contributed by atoms with E-state index in [1.807, 2.05) is 56.3 Å². The molecule has 0 saturated carbocycles. The van der Waals surface area contributed by atoms with Crippen LogP contribution in [0, 0.1) is 5.92 Å². The first kappa shape index (κ1) is 28.4. The van der Waals surface area contributed by atoms with Gasteiger partial charge in [-0.2, -0.15) is 0 Å². The monoisotopic (exact) mass is 512 g/mol. The third-order valence-corrected chi connectivity index (χ3v) is 6.38. The van der Waals surface area contributed by atoms with Crippen LogP contribution < -0.4 is 16.0 Å². The lowest BCUT2D eigenvalue weighted by molar-refractivity contribution is -0.129. The van der Waals surface area contributed by atoms with Gasteiger partial charge in [-0.15, -0.1) is 0 Å². The van der Waals surface area contributed by atoms with E-state index in [1.165, 1.54) is 6.92 Å². The zero-order valence-electron chi connectivity index (χ0n) is 21.6. The lowest BCUT2D eigenvalue weighted by Crippen LogP contribution is -2.58. The van der Waals surface area contributed by atoms with Gasteiger partial charge in [0.1, 0.15) is 12.1 Å². The van der Waals surface area contributed by atoms with E-state index in [0.717, 1.165) is 16.3 Å². The van der Waals surface area contributed by atoms with E-state index in [0.29, 0.717) is 32.7 Å². The summed E-state index contributed by atoms with van der Waals surface area (Å²) in [6.07, 6.45) is 0.590. The van der Waals surface area contributed by atoms with E-state index in [2.05, 4.69) is 16.0 Å². The molecule has 1 fully saturated rings. The molecule has 200 valence electrons. The molecule has 5 N–H and O–H groups in total. The molecule has 1 aliphatic heterocycles. The van der Waals surface area contributed by atoms with Crippen LogP contribution >= 0.6 is 0 Å². The second-order valence-corrected chi connectivity index (χ2v) is 9.83. The lowest BCUT2D eigenvalue weighted by Gasteiger charge is -2.29. The van der Waals surface area contributed by atoms with E-state index in [1.54, 1.807) is 4.90 Å². The van der Waals surface area contributed by atoms with Crippen molar-refractivity contribution < 1.29 is 29.2 Å². The first-order valence-corrected chi connectivity index (χ1v) is 12.7. The quantitative estimate of drug-likeness (QED) is 0.299. The van der Waals surface area contributed by atoms with Gasteiger partial charge in [-0.3, -0.25) is 9.59 Å². The second-order valence-electron chi connectivity index (χ2n) is 9.83. The topological polar surface area (TPSA) is 140 Å². The standard InChI is InChI=1S/C26H37BN4O6/c1-17(2)15-23(27(35)36)30-24(32)18(3)28-25(33)22(29-26(34)31-11-13-37-14-12-31)16-20-9-6-8-19-7-4-5-10-21(19)20/h4-10,17-18,22-23,35-36H,11-16H2,1-3H3,(H,28,33)(H,29,34)(H,30,32)/t18-,22-,23-/m0/s1. The SMILES string of the molecule is CC(C)C[C@H](NC(=O)[C@H](C)NC(=O)[C@H](Cc1cccc2ccccc12)NC(=O)N1CCOCC1)B(O)O. The molecule has 1 saturated heterocycles. The average Bonchev–Trinajstić information content (AvgIpc) is 2.88. The number of amides is 4. The van der Waals surface area contributed by atoms with Gasteiger partial charge in [-0.1, -0.05) is 56.3 Å². The molecule has 0 spiro atoms. The summed E-state index contributed by atoms with van der Waals surface area (Å²) in [4.78, 5) is 40.7. The number of fused-ring (bicyclic) bond motifs is 1. The summed E-state index contributed by atoms with van der Waals surface area (Å²) in [5, 5.41) is 29.4. The van der Waals surface area contributed by atoms with Gasteiger partial charge in [0.25, 0.3) is 0 Å². The first-order valence-electron chi connectivity index (χ1n) is 12.7. The van der Waals surface area contributed by atoms with Gasteiger partial charge >= 0.3 is 13.1 Å². The molecule has 0 unspecified atom stereocenters. The van der Waals surface area contributed by atoms with Gasteiger partial charge in [0.2, 0.25) is 11.8 Å². The number of benzene rings is 2. The van der Waals surface area contributed by atoms with Gasteiger partial charge in [0, 0.05) is 19.5 Å². The summed E-state index contributed by atoms with van der Waals surface area (Å²) in [6.45, 7) is 7.03. The fourth-order valence-electron chi connectivity index (χ4n) is 4.36. The Morgan fingerprint density at radius 3 is 2.30 bits per heavy atom. The minimum absolute atomic E-state index is 0.123. The number of nitrogens with zero attached hydrogens (tertiary/aromatic N) is 1. The Hall–Kier alpha value is -3.15. The van der Waals surface area contributed by atoms with Crippen LogP contribution in [0.25, 0.3) is 10.8 Å². The summed E-state index contributed by atoms with van der Waals surface area (Å²) in [5.41, 5.74) is 0.887. The molecule has 11 heteroatoms. The average molecular weight is 512 g/mol. The fraction of sp³-hybridized carbons (Fsp3) is 0.500. The van der Waals surface area contributed by atoms with Gasteiger partial charge in [-0.25, -0.2) is 4.79 Å². The number of ether oxygens (including phenoxy) is 1. The van der Waals surface area contributed by atoms with Crippen molar-refractivity contribution in [3.8, 4) is 0 Å². The van der Waals surface area contributed by atoms with Gasteiger partial charge in [0.15, 0.2) is 0 Å². The second kappa shape index (κ2) is 13.4. The molecule has 0 aliphatic carbocycles. The highest BCUT2D eigenvalue weighted by Gasteiger charge is 2.31. The van der Waals surface area contributed by atoms with E-state index >= 15 is 0 Å². The van der Waals surface area contributed by atoms with Crippen LogP contribution in [0.4, 0.5) is 4.79 Å². The highest BCUT2D eigenvalue weighted by atomic mass is 16.5. The van der Waals surface area contributed by atoms with Crippen molar-refractivity contribution in [3.05, 3.63) is 48.0 Å². The molecule has 0 radical (unpaired) electrons. The molecule has 1 heterocycles. The first-order chi connectivity index (χ1) is 17.7. The van der Waals surface area contributed by atoms with Crippen LogP contribution in [-0.2, 0) is 20.7 Å². The Bertz CT molecular complexity index is 1070. The highest BCUT2D eigenvalue weighted by molar-refractivity contribution is 6.43. The Labute approximate surface area is 217 Å². The maximum atomic E-state index is 13.4. The van der Waals surface area contributed by atoms with Crippen molar-refractivity contribution in [3.63, 3.8) is 0 Å². The molecule has 3 rings (SSSR count). The smallest absolute Gasteiger partial charge is 0.426 e. The van der Waals surface area contributed by atoms with Crippen molar-refractivity contribution in [2.24, 2.45) is 5.92 Å². The molecule has 2 aromatic rings. The molecule has 0 aromatic heterocycles. The third-order valence-electron chi connectivity index (χ3n) is 6.38. The number of carbonyl (C=O) groups is 3. The fourth-order valence-corrected chi connectivity index (χ4v) is 4.36. The van der Waals surface area contributed by atoms with Gasteiger partial charge in [-0.05, 0) is 35.6 Å². The molecular weight excluding hydrogens is 475 g/mol. The molecule has 0 bridgehead atoms. The summed E-state index contributed by atoms with van der Waals surface area (Å²) >= 11 is 0. The van der Waals surface area contributed by atoms with Crippen molar-refractivity contribution >= 4 is 35.7 Å². The number of hydrogen-bond acceptors (Lipinski definition) is 6. The van der Waals surface area contributed by atoms with Crippen LogP contribution in [0.1, 0.15) is 32.8 Å². The summed E-state index contributed by atoms with van der Waals surface area (Å²) < 4.78 is 5.32. The Kier molecular flexibility index (Phi) is 10.3. The molecule has 10 nitrogen and oxygen atoms in total. The lowest BCUT2D eigenvalue weighted by atomic mass is 9.75. The number of rotatable bonds is 10. The van der Waals surface area contributed by atoms with Crippen LogP contribution in [0.5, 0.6) is 0 Å². The van der Waals surface area contributed by atoms with Crippen molar-refractivity contribution in [2.75, 3.05) is 26.3 Å². The van der Waals surface area contributed by atoms with Crippen molar-refractivity contribution in [1.82, 2.24) is 20.9 Å². The summed E-state index contributed by atoms with van der Waals surface area (Å²) in [5.74, 6) is -1.80. The Morgan fingerprint density at radius 2 is 1.62 bits per heavy atom. The van der Waals surface area contributed by atoms with E-state index in [9.17, 15) is 24.4 Å². The van der Waals surface area contributed by atoms with Crippen LogP contribution in [0.3, 0.4) is 0 Å². The molecule has 37 heavy (non-hydrogen) atoms. The number of hydrogen-bond donors (Lipinski definition) is 5. The van der Waals surface area contributed by atoms with Crippen LogP contribution in [-0.4, -0.2) is 84.2 Å². The molecule has 1 aliphatic rings. The van der Waals surface area contributed by atoms with Gasteiger partial charge < -0.3 is 35.6 Å². The van der Waals surface area contributed by atoms with Crippen LogP contribution in [0.15, 0.2) is 42.5 Å². The van der Waals surface area contributed by atoms with E-state index in [-0.39, 0.29) is 18.4 Å². The Balaban J connectivity index is 1.75. The zero-order chi connectivity index (χ0) is 26.9. The predicted octanol–water partition coefficient (Wildman–Crippen LogP) is 0.840. The maximum Gasteiger partial charge on any atom is 0.475 e. The molecular formula is C26H37BN4O6. The van der Waals surface area contributed by atoms with E-state index < -0.39 is 37.0 Å². The number of nitrogens with one attached hydrogen (secondary N) is 3. The van der Waals surface area contributed by atoms with Crippen molar-refractivity contribution in [2.45, 2.75) is 51.6 Å². The zero-order valence-corrected chi connectivity index (χ0v) is 21.6. The largest absolute Gasteiger partial charge is 0.475 e. The minimum Gasteiger partial charge on any atom is -0.426 e. The van der Waals surface area contributed by atoms with Crippen LogP contribution in [0.2, 0.25) is 0 Å². The minimum atomic E-state index is -1.72. The normalized spacial score (nSPS) is 16.1. The van der Waals surface area contributed by atoms with Crippen molar-refractivity contribution in [1.29, 1.82) is 0 Å². The molecule has 2 aromatic carbocycles. The predicted molar refractivity (Wildman–Crippen MR) is 142 cm³/mol. The Morgan fingerprint density at radius 1 is 0.946 bits per heavy atom. The molecule has 3 atom stereocenters.